The third-order valence-corrected chi connectivity index (χ3v) is 3.38. The van der Waals surface area contributed by atoms with Gasteiger partial charge in [0.1, 0.15) is 5.58 Å². The fourth-order valence-electron chi connectivity index (χ4n) is 2.32. The van der Waals surface area contributed by atoms with E-state index in [0.717, 1.165) is 5.39 Å². The Labute approximate surface area is 121 Å². The van der Waals surface area contributed by atoms with Crippen LogP contribution < -0.4 is 5.63 Å². The van der Waals surface area contributed by atoms with Crippen LogP contribution in [0.3, 0.4) is 0 Å². The van der Waals surface area contributed by atoms with E-state index < -0.39 is 5.63 Å². The van der Waals surface area contributed by atoms with Crippen LogP contribution in [0.25, 0.3) is 22.2 Å². The van der Waals surface area contributed by atoms with E-state index in [4.69, 9.17) is 4.42 Å². The summed E-state index contributed by atoms with van der Waals surface area (Å²) in [5, 5.41) is 0.835. The van der Waals surface area contributed by atoms with E-state index in [1.807, 2.05) is 18.2 Å². The summed E-state index contributed by atoms with van der Waals surface area (Å²) in [7, 11) is 0. The number of aryl methyl sites for hydroxylation is 1. The number of carbonyl (C=O) groups is 1. The van der Waals surface area contributed by atoms with Crippen LogP contribution >= 0.6 is 0 Å². The highest BCUT2D eigenvalue weighted by atomic mass is 16.4. The number of fused-ring (bicyclic) bond motifs is 1. The average Bonchev–Trinajstić information content (AvgIpc) is 2.46. The number of ketones is 1. The molecule has 0 atom stereocenters. The van der Waals surface area contributed by atoms with E-state index in [1.54, 1.807) is 31.2 Å². The monoisotopic (exact) mass is 279 g/mol. The number of carbonyl (C=O) groups excluding carboxylic acids is 1. The number of benzene rings is 1. The van der Waals surface area contributed by atoms with Gasteiger partial charge in [0.2, 0.25) is 0 Å². The van der Waals surface area contributed by atoms with Gasteiger partial charge in [0.05, 0.1) is 11.3 Å². The van der Waals surface area contributed by atoms with Crippen molar-refractivity contribution in [2.45, 2.75) is 13.8 Å². The lowest BCUT2D eigenvalue weighted by molar-refractivity contribution is 0.101. The number of hydrogen-bond acceptors (Lipinski definition) is 4. The Morgan fingerprint density at radius 1 is 1.14 bits per heavy atom. The van der Waals surface area contributed by atoms with Crippen molar-refractivity contribution in [3.63, 3.8) is 0 Å². The molecule has 0 N–H and O–H groups in total. The Morgan fingerprint density at radius 3 is 2.62 bits per heavy atom. The molecule has 0 saturated heterocycles. The number of pyridine rings is 1. The lowest BCUT2D eigenvalue weighted by Crippen LogP contribution is -2.06. The smallest absolute Gasteiger partial charge is 0.345 e. The van der Waals surface area contributed by atoms with E-state index >= 15 is 0 Å². The second-order valence-electron chi connectivity index (χ2n) is 4.87. The maximum absolute atomic E-state index is 12.1. The van der Waals surface area contributed by atoms with Gasteiger partial charge in [0, 0.05) is 16.6 Å². The molecule has 2 aromatic heterocycles. The fourth-order valence-corrected chi connectivity index (χ4v) is 2.32. The first-order valence-electron chi connectivity index (χ1n) is 6.58. The van der Waals surface area contributed by atoms with Gasteiger partial charge in [0.25, 0.3) is 0 Å². The zero-order chi connectivity index (χ0) is 15.0. The molecule has 4 nitrogen and oxygen atoms in total. The zero-order valence-corrected chi connectivity index (χ0v) is 11.7. The highest BCUT2D eigenvalue weighted by Crippen LogP contribution is 2.20. The Hall–Kier alpha value is -2.75. The number of hydrogen-bond donors (Lipinski definition) is 0. The molecule has 0 spiro atoms. The van der Waals surface area contributed by atoms with Crippen LogP contribution in [0.15, 0.2) is 51.7 Å². The average molecular weight is 279 g/mol. The lowest BCUT2D eigenvalue weighted by atomic mass is 10.1. The van der Waals surface area contributed by atoms with Crippen molar-refractivity contribution in [2.75, 3.05) is 0 Å². The number of nitrogens with zero attached hydrogens (tertiary/aromatic N) is 1. The van der Waals surface area contributed by atoms with Crippen molar-refractivity contribution < 1.29 is 9.21 Å². The van der Waals surface area contributed by atoms with E-state index in [9.17, 15) is 9.59 Å². The SMILES string of the molecule is CC(=O)c1ccc(-c2cc3ccccc3oc2=O)nc1C. The predicted molar refractivity (Wildman–Crippen MR) is 80.5 cm³/mol. The third kappa shape index (κ3) is 2.36. The van der Waals surface area contributed by atoms with Gasteiger partial charge in [-0.3, -0.25) is 9.78 Å². The summed E-state index contributed by atoms with van der Waals surface area (Å²) in [4.78, 5) is 27.9. The summed E-state index contributed by atoms with van der Waals surface area (Å²) in [5.41, 5.74) is 2.18. The number of aromatic nitrogens is 1. The minimum Gasteiger partial charge on any atom is -0.422 e. The van der Waals surface area contributed by atoms with Gasteiger partial charge in [0.15, 0.2) is 5.78 Å². The minimum atomic E-state index is -0.434. The third-order valence-electron chi connectivity index (χ3n) is 3.38. The summed E-state index contributed by atoms with van der Waals surface area (Å²) < 4.78 is 5.30. The molecule has 21 heavy (non-hydrogen) atoms. The molecule has 0 aliphatic rings. The van der Waals surface area contributed by atoms with Crippen molar-refractivity contribution in [3.05, 3.63) is 64.1 Å². The van der Waals surface area contributed by atoms with Crippen LogP contribution in [0.4, 0.5) is 0 Å². The van der Waals surface area contributed by atoms with E-state index in [-0.39, 0.29) is 5.78 Å². The second kappa shape index (κ2) is 4.98. The normalized spacial score (nSPS) is 10.8. The van der Waals surface area contributed by atoms with Gasteiger partial charge < -0.3 is 4.42 Å². The number of para-hydroxylation sites is 1. The summed E-state index contributed by atoms with van der Waals surface area (Å²) in [5.74, 6) is -0.0444. The van der Waals surface area contributed by atoms with Crippen LogP contribution in [0.5, 0.6) is 0 Å². The summed E-state index contributed by atoms with van der Waals surface area (Å²) in [6.07, 6.45) is 0. The van der Waals surface area contributed by atoms with Crippen molar-refractivity contribution >= 4 is 16.8 Å². The Bertz CT molecular complexity index is 909. The molecule has 0 fully saturated rings. The van der Waals surface area contributed by atoms with Gasteiger partial charge in [-0.1, -0.05) is 18.2 Å². The first-order chi connectivity index (χ1) is 10.1. The molecule has 0 unspecified atom stereocenters. The lowest BCUT2D eigenvalue weighted by Gasteiger charge is -2.05. The molecule has 1 aromatic carbocycles. The van der Waals surface area contributed by atoms with E-state index in [1.165, 1.54) is 6.92 Å². The van der Waals surface area contributed by atoms with Gasteiger partial charge in [-0.25, -0.2) is 4.79 Å². The molecule has 104 valence electrons. The van der Waals surface area contributed by atoms with Gasteiger partial charge in [-0.05, 0) is 38.1 Å². The Balaban J connectivity index is 2.20. The molecular weight excluding hydrogens is 266 g/mol. The zero-order valence-electron chi connectivity index (χ0n) is 11.7. The molecule has 4 heteroatoms. The summed E-state index contributed by atoms with van der Waals surface area (Å²) in [6, 6.07) is 12.4. The molecule has 0 aliphatic carbocycles. The molecule has 0 aliphatic heterocycles. The van der Waals surface area contributed by atoms with Gasteiger partial charge in [-0.2, -0.15) is 0 Å². The van der Waals surface area contributed by atoms with Crippen molar-refractivity contribution in [1.29, 1.82) is 0 Å². The maximum atomic E-state index is 12.1. The van der Waals surface area contributed by atoms with Gasteiger partial charge in [-0.15, -0.1) is 0 Å². The maximum Gasteiger partial charge on any atom is 0.345 e. The Kier molecular flexibility index (Phi) is 3.14. The fraction of sp³-hybridized carbons (Fsp3) is 0.118. The van der Waals surface area contributed by atoms with Crippen molar-refractivity contribution in [2.24, 2.45) is 0 Å². The largest absolute Gasteiger partial charge is 0.422 e. The number of rotatable bonds is 2. The first kappa shape index (κ1) is 13.2. The molecule has 0 bridgehead atoms. The van der Waals surface area contributed by atoms with Crippen LogP contribution in [-0.4, -0.2) is 10.8 Å². The summed E-state index contributed by atoms with van der Waals surface area (Å²) >= 11 is 0. The molecule has 0 amide bonds. The molecule has 3 rings (SSSR count). The van der Waals surface area contributed by atoms with Gasteiger partial charge >= 0.3 is 5.63 Å². The van der Waals surface area contributed by atoms with Crippen LogP contribution in [0, 0.1) is 6.92 Å². The molecule has 0 saturated carbocycles. The van der Waals surface area contributed by atoms with Crippen LogP contribution in [0.2, 0.25) is 0 Å². The quantitative estimate of drug-likeness (QED) is 0.533. The Morgan fingerprint density at radius 2 is 1.90 bits per heavy atom. The standard InChI is InChI=1S/C17H13NO3/c1-10-13(11(2)19)7-8-15(18-10)14-9-12-5-3-4-6-16(12)21-17(14)20/h3-9H,1-2H3. The first-order valence-corrected chi connectivity index (χ1v) is 6.58. The predicted octanol–water partition coefficient (Wildman–Crippen LogP) is 3.37. The topological polar surface area (TPSA) is 60.2 Å². The van der Waals surface area contributed by atoms with Crippen molar-refractivity contribution in [3.8, 4) is 11.3 Å². The van der Waals surface area contributed by atoms with E-state index in [0.29, 0.717) is 28.1 Å². The second-order valence-corrected chi connectivity index (χ2v) is 4.87. The minimum absolute atomic E-state index is 0.0444. The molecular formula is C17H13NO3. The van der Waals surface area contributed by atoms with Crippen LogP contribution in [-0.2, 0) is 0 Å². The highest BCUT2D eigenvalue weighted by Gasteiger charge is 2.12. The highest BCUT2D eigenvalue weighted by molar-refractivity contribution is 5.95. The van der Waals surface area contributed by atoms with Crippen LogP contribution in [0.1, 0.15) is 23.0 Å². The molecule has 3 aromatic rings. The van der Waals surface area contributed by atoms with Crippen molar-refractivity contribution in [1.82, 2.24) is 4.98 Å². The van der Waals surface area contributed by atoms with E-state index in [2.05, 4.69) is 4.98 Å². The summed E-state index contributed by atoms with van der Waals surface area (Å²) in [6.45, 7) is 3.25. The number of Topliss-reactive ketones (excluding diaryl/α,β-unsaturated/α-hetero) is 1. The molecule has 2 heterocycles. The molecule has 0 radical (unpaired) electrons.